The van der Waals surface area contributed by atoms with Crippen LogP contribution in [-0.4, -0.2) is 73.1 Å². The molecule has 2 aliphatic heterocycles. The number of rotatable bonds is 3. The molecule has 2 fully saturated rings. The molecule has 2 saturated heterocycles. The minimum Gasteiger partial charge on any atom is -0.372 e. The highest BCUT2D eigenvalue weighted by atomic mass is 16.5. The van der Waals surface area contributed by atoms with E-state index in [-0.39, 0.29) is 36.0 Å². The van der Waals surface area contributed by atoms with Gasteiger partial charge in [-0.15, -0.1) is 0 Å². The Balaban J connectivity index is 1.60. The molecule has 4 atom stereocenters. The van der Waals surface area contributed by atoms with Gasteiger partial charge in [0.15, 0.2) is 0 Å². The lowest BCUT2D eigenvalue weighted by Gasteiger charge is -2.37. The molecule has 0 spiro atoms. The van der Waals surface area contributed by atoms with E-state index in [1.165, 1.54) is 5.56 Å². The van der Waals surface area contributed by atoms with E-state index in [1.54, 1.807) is 0 Å². The van der Waals surface area contributed by atoms with Gasteiger partial charge in [-0.25, -0.2) is 0 Å². The zero-order valence-electron chi connectivity index (χ0n) is 18.4. The van der Waals surface area contributed by atoms with Crippen LogP contribution in [0.5, 0.6) is 0 Å². The Morgan fingerprint density at radius 2 is 1.69 bits per heavy atom. The number of carbonyl (C=O) groups is 2. The maximum absolute atomic E-state index is 13.1. The molecule has 0 saturated carbocycles. The van der Waals surface area contributed by atoms with E-state index >= 15 is 0 Å². The van der Waals surface area contributed by atoms with Gasteiger partial charge in [-0.2, -0.15) is 0 Å². The summed E-state index contributed by atoms with van der Waals surface area (Å²) in [5, 5.41) is 3.18. The molecule has 2 aliphatic rings. The van der Waals surface area contributed by atoms with Crippen LogP contribution in [0.2, 0.25) is 0 Å². The Hall–Kier alpha value is -1.92. The standard InChI is InChI=1S/C23H35N3O3/c1-15-6-7-19(10-16(15)2)22(27)24-21-9-8-20(13-25(5)14-21)23(28)26-11-17(3)29-18(4)12-26/h6-7,10,17-18,20-21H,8-9,11-14H2,1-5H3,(H,24,27)/t17-,18+,20-,21+/m1/s1. The lowest BCUT2D eigenvalue weighted by atomic mass is 9.99. The second-order valence-electron chi connectivity index (χ2n) is 8.97. The first kappa shape index (κ1) is 21.8. The number of carbonyl (C=O) groups excluding carboxylic acids is 2. The van der Waals surface area contributed by atoms with Gasteiger partial charge in [-0.1, -0.05) is 6.07 Å². The van der Waals surface area contributed by atoms with Crippen LogP contribution in [0.3, 0.4) is 0 Å². The van der Waals surface area contributed by atoms with Crippen molar-refractivity contribution in [1.29, 1.82) is 0 Å². The molecule has 1 aromatic rings. The number of amides is 2. The van der Waals surface area contributed by atoms with Crippen molar-refractivity contribution in [3.05, 3.63) is 34.9 Å². The van der Waals surface area contributed by atoms with Gasteiger partial charge >= 0.3 is 0 Å². The van der Waals surface area contributed by atoms with E-state index < -0.39 is 0 Å². The third kappa shape index (κ3) is 5.58. The number of aryl methyl sites for hydroxylation is 2. The third-order valence-electron chi connectivity index (χ3n) is 6.11. The molecule has 0 radical (unpaired) electrons. The fraction of sp³-hybridized carbons (Fsp3) is 0.652. The van der Waals surface area contributed by atoms with Crippen LogP contribution in [0.25, 0.3) is 0 Å². The molecule has 29 heavy (non-hydrogen) atoms. The number of hydrogen-bond donors (Lipinski definition) is 1. The summed E-state index contributed by atoms with van der Waals surface area (Å²) in [4.78, 5) is 30.0. The molecule has 3 rings (SSSR count). The fourth-order valence-electron chi connectivity index (χ4n) is 4.50. The largest absolute Gasteiger partial charge is 0.372 e. The van der Waals surface area contributed by atoms with Crippen molar-refractivity contribution in [2.24, 2.45) is 5.92 Å². The molecule has 1 N–H and O–H groups in total. The smallest absolute Gasteiger partial charge is 0.251 e. The molecule has 6 nitrogen and oxygen atoms in total. The van der Waals surface area contributed by atoms with Gasteiger partial charge in [-0.05, 0) is 70.8 Å². The lowest BCUT2D eigenvalue weighted by molar-refractivity contribution is -0.148. The van der Waals surface area contributed by atoms with E-state index in [2.05, 4.69) is 10.2 Å². The van der Waals surface area contributed by atoms with Gasteiger partial charge in [-0.3, -0.25) is 9.59 Å². The van der Waals surface area contributed by atoms with Crippen molar-refractivity contribution in [2.75, 3.05) is 33.2 Å². The second kappa shape index (κ2) is 9.26. The molecule has 1 aromatic carbocycles. The molecule has 0 aliphatic carbocycles. The number of hydrogen-bond acceptors (Lipinski definition) is 4. The van der Waals surface area contributed by atoms with Crippen LogP contribution < -0.4 is 5.32 Å². The van der Waals surface area contributed by atoms with Crippen LogP contribution in [0.4, 0.5) is 0 Å². The molecular formula is C23H35N3O3. The summed E-state index contributed by atoms with van der Waals surface area (Å²) >= 11 is 0. The van der Waals surface area contributed by atoms with E-state index in [0.717, 1.165) is 31.5 Å². The van der Waals surface area contributed by atoms with Gasteiger partial charge < -0.3 is 19.9 Å². The average Bonchev–Trinajstić information content (AvgIpc) is 2.83. The number of nitrogens with one attached hydrogen (secondary N) is 1. The van der Waals surface area contributed by atoms with Crippen LogP contribution in [0, 0.1) is 19.8 Å². The van der Waals surface area contributed by atoms with Crippen LogP contribution in [0.15, 0.2) is 18.2 Å². The van der Waals surface area contributed by atoms with Crippen LogP contribution in [-0.2, 0) is 9.53 Å². The van der Waals surface area contributed by atoms with Gasteiger partial charge in [0.05, 0.1) is 18.1 Å². The number of benzene rings is 1. The predicted molar refractivity (Wildman–Crippen MR) is 114 cm³/mol. The Labute approximate surface area is 174 Å². The molecular weight excluding hydrogens is 366 g/mol. The Kier molecular flexibility index (Phi) is 6.96. The molecule has 0 bridgehead atoms. The maximum atomic E-state index is 13.1. The molecule has 2 heterocycles. The van der Waals surface area contributed by atoms with Gasteiger partial charge in [0.2, 0.25) is 5.91 Å². The minimum atomic E-state index is -0.0351. The summed E-state index contributed by atoms with van der Waals surface area (Å²) in [7, 11) is 2.03. The van der Waals surface area contributed by atoms with E-state index in [9.17, 15) is 9.59 Å². The van der Waals surface area contributed by atoms with Crippen molar-refractivity contribution in [1.82, 2.24) is 15.1 Å². The maximum Gasteiger partial charge on any atom is 0.251 e. The second-order valence-corrected chi connectivity index (χ2v) is 8.97. The monoisotopic (exact) mass is 401 g/mol. The summed E-state index contributed by atoms with van der Waals surface area (Å²) < 4.78 is 5.77. The van der Waals surface area contributed by atoms with Crippen LogP contribution >= 0.6 is 0 Å². The molecule has 0 unspecified atom stereocenters. The minimum absolute atomic E-state index is 0.0268. The van der Waals surface area contributed by atoms with Crippen molar-refractivity contribution >= 4 is 11.8 Å². The number of morpholine rings is 1. The van der Waals surface area contributed by atoms with Gasteiger partial charge in [0.25, 0.3) is 5.91 Å². The first-order valence-electron chi connectivity index (χ1n) is 10.7. The number of ether oxygens (including phenoxy) is 1. The Morgan fingerprint density at radius 3 is 2.34 bits per heavy atom. The third-order valence-corrected chi connectivity index (χ3v) is 6.11. The van der Waals surface area contributed by atoms with Crippen LogP contribution in [0.1, 0.15) is 48.2 Å². The molecule has 160 valence electrons. The number of likely N-dealkylation sites (N-methyl/N-ethyl adjacent to an activating group) is 1. The summed E-state index contributed by atoms with van der Waals surface area (Å²) in [6.45, 7) is 10.9. The summed E-state index contributed by atoms with van der Waals surface area (Å²) in [5.74, 6) is 0.160. The highest BCUT2D eigenvalue weighted by Crippen LogP contribution is 2.21. The normalized spacial score (nSPS) is 28.7. The molecule has 2 amide bonds. The topological polar surface area (TPSA) is 61.9 Å². The van der Waals surface area contributed by atoms with Crippen molar-refractivity contribution < 1.29 is 14.3 Å². The zero-order valence-corrected chi connectivity index (χ0v) is 18.4. The van der Waals surface area contributed by atoms with Gasteiger partial charge in [0, 0.05) is 37.8 Å². The molecule has 6 heteroatoms. The van der Waals surface area contributed by atoms with Crippen molar-refractivity contribution in [3.63, 3.8) is 0 Å². The summed E-state index contributed by atoms with van der Waals surface area (Å²) in [6.07, 6.45) is 1.76. The molecule has 0 aromatic heterocycles. The first-order chi connectivity index (χ1) is 13.7. The summed E-state index contributed by atoms with van der Waals surface area (Å²) in [6, 6.07) is 5.86. The predicted octanol–water partition coefficient (Wildman–Crippen LogP) is 2.38. The zero-order chi connectivity index (χ0) is 21.1. The Bertz CT molecular complexity index is 741. The SMILES string of the molecule is Cc1ccc(C(=O)N[C@H]2CC[C@@H](C(=O)N3C[C@@H](C)O[C@@H](C)C3)CN(C)C2)cc1C. The van der Waals surface area contributed by atoms with Gasteiger partial charge in [0.1, 0.15) is 0 Å². The number of likely N-dealkylation sites (tertiary alicyclic amines) is 1. The number of nitrogens with zero attached hydrogens (tertiary/aromatic N) is 2. The average molecular weight is 402 g/mol. The fourth-order valence-corrected chi connectivity index (χ4v) is 4.50. The van der Waals surface area contributed by atoms with Crippen molar-refractivity contribution in [2.45, 2.75) is 58.8 Å². The highest BCUT2D eigenvalue weighted by Gasteiger charge is 2.33. The Morgan fingerprint density at radius 1 is 1.00 bits per heavy atom. The lowest BCUT2D eigenvalue weighted by Crippen LogP contribution is -2.51. The first-order valence-corrected chi connectivity index (χ1v) is 10.7. The van der Waals surface area contributed by atoms with Crippen molar-refractivity contribution in [3.8, 4) is 0 Å². The quantitative estimate of drug-likeness (QED) is 0.845. The van der Waals surface area contributed by atoms with E-state index in [1.807, 2.05) is 57.8 Å². The highest BCUT2D eigenvalue weighted by molar-refractivity contribution is 5.94. The van der Waals surface area contributed by atoms with E-state index in [4.69, 9.17) is 4.74 Å². The van der Waals surface area contributed by atoms with E-state index in [0.29, 0.717) is 18.7 Å². The summed E-state index contributed by atoms with van der Waals surface area (Å²) in [5.41, 5.74) is 3.00.